The highest BCUT2D eigenvalue weighted by molar-refractivity contribution is 7.92. The molecule has 27 heavy (non-hydrogen) atoms. The zero-order valence-corrected chi connectivity index (χ0v) is 15.2. The van der Waals surface area contributed by atoms with E-state index in [4.69, 9.17) is 0 Å². The molecular formula is C18H17N5O3S. The van der Waals surface area contributed by atoms with Crippen LogP contribution < -0.4 is 10.0 Å². The van der Waals surface area contributed by atoms with Crippen molar-refractivity contribution in [2.75, 3.05) is 10.0 Å². The summed E-state index contributed by atoms with van der Waals surface area (Å²) in [5, 5.41) is 8.67. The number of nitrogens with zero attached hydrogens (tertiary/aromatic N) is 2. The summed E-state index contributed by atoms with van der Waals surface area (Å²) in [6, 6.07) is 13.5. The van der Waals surface area contributed by atoms with Crippen LogP contribution in [0.1, 0.15) is 11.1 Å². The first-order valence-corrected chi connectivity index (χ1v) is 9.45. The summed E-state index contributed by atoms with van der Waals surface area (Å²) in [4.78, 5) is 15.8. The highest BCUT2D eigenvalue weighted by atomic mass is 32.2. The summed E-state index contributed by atoms with van der Waals surface area (Å²) in [6.07, 6.45) is 4.33. The molecule has 138 valence electrons. The average molecular weight is 383 g/mol. The van der Waals surface area contributed by atoms with E-state index in [2.05, 4.69) is 25.2 Å². The van der Waals surface area contributed by atoms with Crippen molar-refractivity contribution in [3.05, 3.63) is 72.1 Å². The van der Waals surface area contributed by atoms with Gasteiger partial charge >= 0.3 is 0 Å². The van der Waals surface area contributed by atoms with E-state index in [1.54, 1.807) is 6.08 Å². The third-order valence-corrected chi connectivity index (χ3v) is 4.90. The van der Waals surface area contributed by atoms with Crippen molar-refractivity contribution in [1.29, 1.82) is 0 Å². The van der Waals surface area contributed by atoms with Crippen LogP contribution in [0.25, 0.3) is 6.08 Å². The Hall–Kier alpha value is -3.46. The van der Waals surface area contributed by atoms with Crippen molar-refractivity contribution < 1.29 is 13.2 Å². The van der Waals surface area contributed by atoms with Crippen molar-refractivity contribution in [3.8, 4) is 0 Å². The molecule has 0 radical (unpaired) electrons. The highest BCUT2D eigenvalue weighted by Crippen LogP contribution is 2.16. The molecule has 0 aliphatic rings. The predicted octanol–water partition coefficient (Wildman–Crippen LogP) is 2.57. The molecule has 0 aliphatic heterocycles. The van der Waals surface area contributed by atoms with Crippen LogP contribution in [0.2, 0.25) is 0 Å². The minimum absolute atomic E-state index is 0.0219. The van der Waals surface area contributed by atoms with Crippen LogP contribution in [0.3, 0.4) is 0 Å². The summed E-state index contributed by atoms with van der Waals surface area (Å²) in [6.45, 7) is 1.98. The van der Waals surface area contributed by atoms with Crippen LogP contribution in [-0.2, 0) is 14.8 Å². The Bertz CT molecular complexity index is 1060. The zero-order valence-electron chi connectivity index (χ0n) is 14.4. The van der Waals surface area contributed by atoms with E-state index in [1.807, 2.05) is 31.2 Å². The Kier molecular flexibility index (Phi) is 5.32. The number of hydrogen-bond donors (Lipinski definition) is 3. The normalized spacial score (nSPS) is 11.4. The lowest BCUT2D eigenvalue weighted by Gasteiger charge is -2.07. The number of aromatic nitrogens is 3. The predicted molar refractivity (Wildman–Crippen MR) is 102 cm³/mol. The summed E-state index contributed by atoms with van der Waals surface area (Å²) < 4.78 is 26.7. The molecule has 2 aromatic carbocycles. The second kappa shape index (κ2) is 7.83. The van der Waals surface area contributed by atoms with Gasteiger partial charge in [0.05, 0.1) is 4.90 Å². The Morgan fingerprint density at radius 2 is 1.93 bits per heavy atom. The van der Waals surface area contributed by atoms with Gasteiger partial charge in [-0.3, -0.25) is 4.79 Å². The fourth-order valence-corrected chi connectivity index (χ4v) is 3.25. The second-order valence-electron chi connectivity index (χ2n) is 5.70. The Balaban J connectivity index is 1.64. The number of H-pyrrole nitrogens is 1. The van der Waals surface area contributed by atoms with Crippen molar-refractivity contribution in [2.45, 2.75) is 11.8 Å². The number of amides is 1. The molecule has 1 amide bonds. The number of rotatable bonds is 6. The molecule has 0 saturated carbocycles. The number of nitrogens with one attached hydrogen (secondary N) is 3. The maximum Gasteiger partial charge on any atom is 0.264 e. The van der Waals surface area contributed by atoms with E-state index in [9.17, 15) is 13.2 Å². The number of carbonyl (C=O) groups is 1. The van der Waals surface area contributed by atoms with E-state index < -0.39 is 10.0 Å². The highest BCUT2D eigenvalue weighted by Gasteiger charge is 2.15. The van der Waals surface area contributed by atoms with Gasteiger partial charge in [-0.1, -0.05) is 29.8 Å². The lowest BCUT2D eigenvalue weighted by molar-refractivity contribution is -0.111. The Morgan fingerprint density at radius 1 is 1.15 bits per heavy atom. The molecule has 0 saturated heterocycles. The molecular weight excluding hydrogens is 366 g/mol. The maximum atomic E-state index is 12.2. The molecule has 8 nitrogen and oxygen atoms in total. The minimum Gasteiger partial charge on any atom is -0.323 e. The van der Waals surface area contributed by atoms with E-state index in [0.717, 1.165) is 11.1 Å². The number of sulfonamides is 1. The molecule has 1 aromatic heterocycles. The number of aryl methyl sites for hydroxylation is 1. The van der Waals surface area contributed by atoms with Crippen LogP contribution >= 0.6 is 0 Å². The Morgan fingerprint density at radius 3 is 2.59 bits per heavy atom. The van der Waals surface area contributed by atoms with Gasteiger partial charge in [0.25, 0.3) is 10.0 Å². The third kappa shape index (κ3) is 5.02. The fraction of sp³-hybridized carbons (Fsp3) is 0.0556. The Labute approximate surface area is 156 Å². The molecule has 3 N–H and O–H groups in total. The van der Waals surface area contributed by atoms with Crippen molar-refractivity contribution in [3.63, 3.8) is 0 Å². The molecule has 0 aliphatic carbocycles. The molecule has 0 atom stereocenters. The quantitative estimate of drug-likeness (QED) is 0.566. The van der Waals surface area contributed by atoms with Gasteiger partial charge in [0.15, 0.2) is 0 Å². The van der Waals surface area contributed by atoms with E-state index in [1.165, 1.54) is 36.7 Å². The lowest BCUT2D eigenvalue weighted by atomic mass is 10.1. The number of carbonyl (C=O) groups excluding carboxylic acids is 1. The minimum atomic E-state index is -3.79. The molecule has 0 bridgehead atoms. The van der Waals surface area contributed by atoms with Crippen molar-refractivity contribution >= 4 is 33.6 Å². The topological polar surface area (TPSA) is 117 Å². The molecule has 0 fully saturated rings. The summed E-state index contributed by atoms with van der Waals surface area (Å²) in [5.41, 5.74) is 2.51. The molecule has 0 unspecified atom stereocenters. The van der Waals surface area contributed by atoms with Gasteiger partial charge in [0, 0.05) is 11.8 Å². The van der Waals surface area contributed by atoms with Gasteiger partial charge in [-0.2, -0.15) is 10.1 Å². The van der Waals surface area contributed by atoms with E-state index in [-0.39, 0.29) is 16.8 Å². The van der Waals surface area contributed by atoms with Gasteiger partial charge in [0.1, 0.15) is 6.33 Å². The number of benzene rings is 2. The summed E-state index contributed by atoms with van der Waals surface area (Å²) >= 11 is 0. The average Bonchev–Trinajstić information content (AvgIpc) is 3.13. The number of hydrogen-bond acceptors (Lipinski definition) is 5. The second-order valence-corrected chi connectivity index (χ2v) is 7.38. The van der Waals surface area contributed by atoms with Gasteiger partial charge in [-0.15, -0.1) is 0 Å². The van der Waals surface area contributed by atoms with Gasteiger partial charge in [-0.05, 0) is 42.8 Å². The monoisotopic (exact) mass is 383 g/mol. The maximum absolute atomic E-state index is 12.2. The van der Waals surface area contributed by atoms with Crippen LogP contribution in [0.5, 0.6) is 0 Å². The van der Waals surface area contributed by atoms with Gasteiger partial charge in [0.2, 0.25) is 11.9 Å². The first-order valence-electron chi connectivity index (χ1n) is 7.96. The summed E-state index contributed by atoms with van der Waals surface area (Å²) in [7, 11) is -3.79. The number of anilines is 2. The molecule has 3 rings (SSSR count). The third-order valence-electron chi connectivity index (χ3n) is 3.55. The molecule has 0 spiro atoms. The zero-order chi connectivity index (χ0) is 19.3. The molecule has 3 aromatic rings. The van der Waals surface area contributed by atoms with Gasteiger partial charge < -0.3 is 5.32 Å². The fourth-order valence-electron chi connectivity index (χ4n) is 2.29. The molecule has 9 heteroatoms. The van der Waals surface area contributed by atoms with Gasteiger partial charge in [-0.25, -0.2) is 18.2 Å². The smallest absolute Gasteiger partial charge is 0.264 e. The number of aromatic amines is 1. The van der Waals surface area contributed by atoms with Crippen LogP contribution in [0.4, 0.5) is 11.6 Å². The van der Waals surface area contributed by atoms with Crippen molar-refractivity contribution in [1.82, 2.24) is 15.2 Å². The van der Waals surface area contributed by atoms with Crippen LogP contribution in [0, 0.1) is 6.92 Å². The van der Waals surface area contributed by atoms with E-state index in [0.29, 0.717) is 5.69 Å². The SMILES string of the molecule is Cc1cccc(C=CC(=O)Nc2ccc(S(=O)(=O)Nc3ncn[nH]3)cc2)c1. The van der Waals surface area contributed by atoms with Crippen LogP contribution in [0.15, 0.2) is 65.8 Å². The standard InChI is InChI=1S/C18H17N5O3S/c1-13-3-2-4-14(11-13)5-10-17(24)21-15-6-8-16(9-7-15)27(25,26)23-18-19-12-20-22-18/h2-12H,1H3,(H,21,24)(H2,19,20,22,23). The van der Waals surface area contributed by atoms with Crippen molar-refractivity contribution in [2.24, 2.45) is 0 Å². The molecule has 1 heterocycles. The van der Waals surface area contributed by atoms with Crippen LogP contribution in [-0.4, -0.2) is 29.5 Å². The first-order chi connectivity index (χ1) is 12.9. The summed E-state index contributed by atoms with van der Waals surface area (Å²) in [5.74, 6) is -0.291. The largest absolute Gasteiger partial charge is 0.323 e. The lowest BCUT2D eigenvalue weighted by Crippen LogP contribution is -2.14. The first kappa shape index (κ1) is 18.3. The van der Waals surface area contributed by atoms with E-state index >= 15 is 0 Å².